The predicted octanol–water partition coefficient (Wildman–Crippen LogP) is 5.38. The number of carbonyl (C=O) groups is 10. The van der Waals surface area contributed by atoms with E-state index in [1.54, 1.807) is 54.8 Å². The predicted molar refractivity (Wildman–Crippen MR) is 277 cm³/mol. The highest BCUT2D eigenvalue weighted by Gasteiger charge is 2.79. The van der Waals surface area contributed by atoms with E-state index in [0.29, 0.717) is 5.56 Å². The molecule has 0 unspecified atom stereocenters. The third-order valence-electron chi connectivity index (χ3n) is 15.8. The molecule has 424 valence electrons. The van der Waals surface area contributed by atoms with E-state index >= 15 is 9.59 Å². The first-order valence-electron chi connectivity index (χ1n) is 26.0. The lowest BCUT2D eigenvalue weighted by Crippen LogP contribution is -2.82. The third kappa shape index (κ3) is 11.5. The number of carboxylic acid groups (broad SMARTS) is 1. The number of amides is 2. The first kappa shape index (κ1) is 59.4. The van der Waals surface area contributed by atoms with Gasteiger partial charge in [0.05, 0.1) is 28.4 Å². The van der Waals surface area contributed by atoms with E-state index in [4.69, 9.17) is 33.2 Å². The van der Waals surface area contributed by atoms with Crippen LogP contribution in [0.4, 0.5) is 0 Å². The van der Waals surface area contributed by atoms with Crippen LogP contribution in [0.3, 0.4) is 0 Å². The van der Waals surface area contributed by atoms with Crippen molar-refractivity contribution in [1.82, 2.24) is 10.6 Å². The highest BCUT2D eigenvalue weighted by molar-refractivity contribution is 7.12. The fourth-order valence-corrected chi connectivity index (χ4v) is 12.5. The Balaban J connectivity index is 1.41. The molecule has 2 heterocycles. The smallest absolute Gasteiger partial charge is 0.350 e. The van der Waals surface area contributed by atoms with Gasteiger partial charge in [0.15, 0.2) is 17.5 Å². The SMILES string of the molecule is CCC(=O)O[C@H]1C[C@H]2OC[C@@]2(OC(C)=O)[C@H]2[C@H](OC(=O)c3ccccc3)[C@]3(O)C[C@H](OC(=O)[C@H](OC(=O)CC)[C@@H](NC(=O)[C@@H](CCC(=O)O)NC(=O)c4sccc4C)c4ccccc4)C(C)=C([C@@H](OC(C)=O)C(=O)[C@]12C)C3(C)C. The minimum absolute atomic E-state index is 0.00350. The summed E-state index contributed by atoms with van der Waals surface area (Å²) in [6, 6.07) is 14.0. The molecule has 21 nitrogen and oxygen atoms in total. The first-order valence-corrected chi connectivity index (χ1v) is 26.9. The van der Waals surface area contributed by atoms with E-state index in [1.807, 2.05) is 0 Å². The molecule has 7 rings (SSSR count). The molecule has 79 heavy (non-hydrogen) atoms. The van der Waals surface area contributed by atoms with Gasteiger partial charge in [-0.2, -0.15) is 0 Å². The molecular weight excluding hydrogens is 1050 g/mol. The van der Waals surface area contributed by atoms with Gasteiger partial charge in [0, 0.05) is 51.4 Å². The van der Waals surface area contributed by atoms with Crippen molar-refractivity contribution in [1.29, 1.82) is 0 Å². The number of thiophene rings is 1. The molecule has 0 spiro atoms. The fraction of sp³-hybridized carbons (Fsp3) is 0.509. The second kappa shape index (κ2) is 23.6. The molecule has 3 aromatic rings. The van der Waals surface area contributed by atoms with Gasteiger partial charge in [0.1, 0.15) is 42.1 Å². The van der Waals surface area contributed by atoms with Crippen LogP contribution in [0.2, 0.25) is 0 Å². The number of esters is 6. The molecule has 1 saturated heterocycles. The number of rotatable bonds is 19. The number of aliphatic hydroxyl groups is 1. The Labute approximate surface area is 460 Å². The van der Waals surface area contributed by atoms with Crippen molar-refractivity contribution < 1.29 is 91.3 Å². The Bertz CT molecular complexity index is 2920. The monoisotopic (exact) mass is 1110 g/mol. The van der Waals surface area contributed by atoms with E-state index < -0.39 is 162 Å². The lowest BCUT2D eigenvalue weighted by atomic mass is 9.44. The topological polar surface area (TPSA) is 300 Å². The van der Waals surface area contributed by atoms with Crippen molar-refractivity contribution in [2.75, 3.05) is 6.61 Å². The molecule has 1 aromatic heterocycles. The van der Waals surface area contributed by atoms with Crippen molar-refractivity contribution in [3.8, 4) is 0 Å². The Morgan fingerprint density at radius 2 is 1.47 bits per heavy atom. The van der Waals surface area contributed by atoms with Crippen LogP contribution in [-0.4, -0.2) is 130 Å². The van der Waals surface area contributed by atoms with E-state index in [9.17, 15) is 48.6 Å². The van der Waals surface area contributed by atoms with Gasteiger partial charge in [-0.15, -0.1) is 11.3 Å². The molecule has 2 amide bonds. The molecule has 2 saturated carbocycles. The number of carbonyl (C=O) groups excluding carboxylic acids is 9. The minimum Gasteiger partial charge on any atom is -0.481 e. The number of hydrogen-bond donors (Lipinski definition) is 4. The summed E-state index contributed by atoms with van der Waals surface area (Å²) in [5, 5.41) is 30.8. The Kier molecular flexibility index (Phi) is 17.7. The molecule has 3 fully saturated rings. The zero-order chi connectivity index (χ0) is 57.9. The van der Waals surface area contributed by atoms with E-state index in [1.165, 1.54) is 65.8 Å². The number of Topliss-reactive ketones (excluding diaryl/α,β-unsaturated/α-hetero) is 1. The quantitative estimate of drug-likeness (QED) is 0.0665. The normalized spacial score (nSPS) is 27.7. The van der Waals surface area contributed by atoms with Crippen molar-refractivity contribution in [3.05, 3.63) is 105 Å². The van der Waals surface area contributed by atoms with Crippen LogP contribution < -0.4 is 10.6 Å². The zero-order valence-electron chi connectivity index (χ0n) is 45.3. The van der Waals surface area contributed by atoms with Crippen LogP contribution in [-0.2, 0) is 71.5 Å². The summed E-state index contributed by atoms with van der Waals surface area (Å²) in [5.41, 5.74) is -7.72. The molecule has 2 aromatic carbocycles. The summed E-state index contributed by atoms with van der Waals surface area (Å²) in [5.74, 6) is -11.4. The Morgan fingerprint density at radius 3 is 2.03 bits per heavy atom. The maximum atomic E-state index is 16.2. The second-order valence-corrected chi connectivity index (χ2v) is 22.0. The number of aryl methyl sites for hydroxylation is 1. The van der Waals surface area contributed by atoms with Gasteiger partial charge in [-0.1, -0.05) is 76.2 Å². The molecule has 2 bridgehead atoms. The van der Waals surface area contributed by atoms with Crippen LogP contribution in [0.5, 0.6) is 0 Å². The molecule has 22 heteroatoms. The molecule has 1 aliphatic heterocycles. The third-order valence-corrected chi connectivity index (χ3v) is 16.9. The zero-order valence-corrected chi connectivity index (χ0v) is 46.1. The summed E-state index contributed by atoms with van der Waals surface area (Å²) in [6.45, 7) is 12.3. The number of hydrogen-bond acceptors (Lipinski definition) is 19. The molecule has 3 aliphatic carbocycles. The van der Waals surface area contributed by atoms with Crippen molar-refractivity contribution in [2.24, 2.45) is 16.7 Å². The standard InChI is InChI=1S/C57H66N2O19S/c1-10-40(64)75-37-26-38-56(28-72-38,78-32(6)61)47-49(77-52(69)34-20-16-13-17-21-34)57(71)27-36(30(4)42(54(57,7)8)44(73-31(5)60)48(66)55(37,47)9)74-53(70)45(76-41(65)11-2)43(33-18-14-12-15-19-33)59-50(67)35(22-23-39(62)63)58-51(68)46-29(3)24-25-79-46/h12-21,24-25,35-38,43-45,47,49,71H,10-11,22-23,26-28H2,1-9H3,(H,58,68)(H,59,67)(H,62,63)/t35-,36+,37+,38-,43+,44-,45-,47+,49+,55-,56+,57-/m1/s1. The van der Waals surface area contributed by atoms with Gasteiger partial charge >= 0.3 is 41.8 Å². The summed E-state index contributed by atoms with van der Waals surface area (Å²) in [6.07, 6.45) is -12.6. The second-order valence-electron chi connectivity index (χ2n) is 21.0. The van der Waals surface area contributed by atoms with Gasteiger partial charge < -0.3 is 54.0 Å². The number of nitrogens with one attached hydrogen (secondary N) is 2. The van der Waals surface area contributed by atoms with Crippen molar-refractivity contribution in [2.45, 2.75) is 161 Å². The largest absolute Gasteiger partial charge is 0.481 e. The summed E-state index contributed by atoms with van der Waals surface area (Å²) in [4.78, 5) is 140. The fourth-order valence-electron chi connectivity index (χ4n) is 11.7. The number of fused-ring (bicyclic) bond motifs is 5. The average molecular weight is 1120 g/mol. The van der Waals surface area contributed by atoms with Gasteiger partial charge in [-0.05, 0) is 73.0 Å². The van der Waals surface area contributed by atoms with Crippen LogP contribution >= 0.6 is 11.3 Å². The van der Waals surface area contributed by atoms with Crippen molar-refractivity contribution in [3.63, 3.8) is 0 Å². The maximum Gasteiger partial charge on any atom is 0.350 e. The molecule has 12 atom stereocenters. The molecular formula is C57H66N2O19S. The Morgan fingerprint density at radius 1 is 0.823 bits per heavy atom. The minimum atomic E-state index is -2.56. The highest BCUT2D eigenvalue weighted by Crippen LogP contribution is 2.65. The van der Waals surface area contributed by atoms with Gasteiger partial charge in [0.25, 0.3) is 5.91 Å². The Hall–Kier alpha value is -7.30. The van der Waals surface area contributed by atoms with Crippen LogP contribution in [0.15, 0.2) is 83.3 Å². The van der Waals surface area contributed by atoms with Gasteiger partial charge in [-0.3, -0.25) is 38.4 Å². The van der Waals surface area contributed by atoms with Crippen molar-refractivity contribution >= 4 is 70.7 Å². The lowest BCUT2D eigenvalue weighted by molar-refractivity contribution is -0.346. The van der Waals surface area contributed by atoms with Crippen LogP contribution in [0.25, 0.3) is 0 Å². The number of aliphatic carboxylic acids is 1. The summed E-state index contributed by atoms with van der Waals surface area (Å²) in [7, 11) is 0. The van der Waals surface area contributed by atoms with Crippen LogP contribution in [0.1, 0.15) is 131 Å². The maximum absolute atomic E-state index is 16.2. The molecule has 4 aliphatic rings. The van der Waals surface area contributed by atoms with Gasteiger partial charge in [0.2, 0.25) is 12.0 Å². The number of carboxylic acids is 1. The average Bonchev–Trinajstić information content (AvgIpc) is 3.99. The molecule has 4 N–H and O–H groups in total. The molecule has 0 radical (unpaired) electrons. The lowest BCUT2D eigenvalue weighted by Gasteiger charge is -2.67. The van der Waals surface area contributed by atoms with Crippen LogP contribution in [0, 0.1) is 23.7 Å². The first-order chi connectivity index (χ1) is 37.2. The highest BCUT2D eigenvalue weighted by atomic mass is 32.1. The number of ether oxygens (including phenoxy) is 7. The summed E-state index contributed by atoms with van der Waals surface area (Å²) >= 11 is 1.10. The van der Waals surface area contributed by atoms with E-state index in [2.05, 4.69) is 10.6 Å². The summed E-state index contributed by atoms with van der Waals surface area (Å²) < 4.78 is 43.1. The van der Waals surface area contributed by atoms with E-state index in [-0.39, 0.29) is 46.4 Å². The van der Waals surface area contributed by atoms with Gasteiger partial charge in [-0.25, -0.2) is 9.59 Å². The number of ketones is 1. The van der Waals surface area contributed by atoms with E-state index in [0.717, 1.165) is 25.2 Å². The number of benzene rings is 2.